The Kier molecular flexibility index (Phi) is 11.1. The predicted octanol–water partition coefficient (Wildman–Crippen LogP) is 6.79. The molecule has 0 aromatic heterocycles. The summed E-state index contributed by atoms with van der Waals surface area (Å²) in [6.07, 6.45) is 0.305. The van der Waals surface area contributed by atoms with Crippen molar-refractivity contribution in [3.8, 4) is 0 Å². The standard InChI is InChI=1S/C30H34Cl3N3O4S/c1-6-28(30(38)34-19(2)3)35(17-22-8-14-26(32)27(33)16-22)29(37)18-36(24-11-7-20(4)21(5)15-24)41(39,40)25-12-9-23(31)10-13-25/h7-16,19,28H,6,17-18H2,1-5H3,(H,34,38)/t28-/m0/s1. The van der Waals surface area contributed by atoms with E-state index in [9.17, 15) is 18.0 Å². The molecule has 1 N–H and O–H groups in total. The predicted molar refractivity (Wildman–Crippen MR) is 166 cm³/mol. The maximum absolute atomic E-state index is 14.1. The largest absolute Gasteiger partial charge is 0.352 e. The third-order valence-corrected chi connectivity index (χ3v) is 9.39. The van der Waals surface area contributed by atoms with Crippen LogP contribution in [0.25, 0.3) is 0 Å². The minimum atomic E-state index is -4.20. The molecule has 0 saturated heterocycles. The number of hydrogen-bond donors (Lipinski definition) is 1. The first-order valence-corrected chi connectivity index (χ1v) is 15.7. The first-order valence-electron chi connectivity index (χ1n) is 13.1. The highest BCUT2D eigenvalue weighted by atomic mass is 35.5. The second-order valence-electron chi connectivity index (χ2n) is 10.1. The van der Waals surface area contributed by atoms with Gasteiger partial charge in [-0.3, -0.25) is 13.9 Å². The number of nitrogens with zero attached hydrogens (tertiary/aromatic N) is 2. The summed E-state index contributed by atoms with van der Waals surface area (Å²) < 4.78 is 29.0. The van der Waals surface area contributed by atoms with Crippen LogP contribution in [0.3, 0.4) is 0 Å². The molecule has 2 amide bonds. The number of rotatable bonds is 11. The average molecular weight is 639 g/mol. The third-order valence-electron chi connectivity index (χ3n) is 6.61. The highest BCUT2D eigenvalue weighted by Crippen LogP contribution is 2.28. The molecule has 0 fully saturated rings. The summed E-state index contributed by atoms with van der Waals surface area (Å²) in [6.45, 7) is 8.72. The zero-order chi connectivity index (χ0) is 30.5. The number of carbonyl (C=O) groups excluding carboxylic acids is 2. The van der Waals surface area contributed by atoms with Crippen LogP contribution in [-0.2, 0) is 26.2 Å². The van der Waals surface area contributed by atoms with Crippen LogP contribution < -0.4 is 9.62 Å². The lowest BCUT2D eigenvalue weighted by Gasteiger charge is -2.33. The number of hydrogen-bond acceptors (Lipinski definition) is 4. The Morgan fingerprint density at radius 1 is 0.878 bits per heavy atom. The number of benzene rings is 3. The lowest BCUT2D eigenvalue weighted by Crippen LogP contribution is -2.53. The molecule has 0 saturated carbocycles. The van der Waals surface area contributed by atoms with E-state index in [1.54, 1.807) is 43.3 Å². The van der Waals surface area contributed by atoms with Crippen molar-refractivity contribution >= 4 is 62.3 Å². The molecule has 220 valence electrons. The molecule has 0 aliphatic carbocycles. The van der Waals surface area contributed by atoms with Crippen LogP contribution in [0.2, 0.25) is 15.1 Å². The zero-order valence-electron chi connectivity index (χ0n) is 23.6. The minimum Gasteiger partial charge on any atom is -0.352 e. The summed E-state index contributed by atoms with van der Waals surface area (Å²) in [5, 5.41) is 3.91. The second-order valence-corrected chi connectivity index (χ2v) is 13.2. The number of carbonyl (C=O) groups is 2. The van der Waals surface area contributed by atoms with Gasteiger partial charge in [0, 0.05) is 17.6 Å². The van der Waals surface area contributed by atoms with Crippen molar-refractivity contribution < 1.29 is 18.0 Å². The molecule has 3 aromatic rings. The molecule has 0 heterocycles. The molecule has 0 aliphatic heterocycles. The summed E-state index contributed by atoms with van der Waals surface area (Å²) in [4.78, 5) is 28.7. The number of nitrogens with one attached hydrogen (secondary N) is 1. The van der Waals surface area contributed by atoms with E-state index in [4.69, 9.17) is 34.8 Å². The monoisotopic (exact) mass is 637 g/mol. The normalized spacial score (nSPS) is 12.2. The Bertz CT molecular complexity index is 1510. The highest BCUT2D eigenvalue weighted by Gasteiger charge is 2.34. The quantitative estimate of drug-likeness (QED) is 0.251. The molecule has 3 rings (SSSR count). The van der Waals surface area contributed by atoms with Gasteiger partial charge in [-0.05, 0) is 99.3 Å². The van der Waals surface area contributed by atoms with Crippen LogP contribution >= 0.6 is 34.8 Å². The zero-order valence-corrected chi connectivity index (χ0v) is 26.7. The van der Waals surface area contributed by atoms with Gasteiger partial charge in [0.25, 0.3) is 10.0 Å². The van der Waals surface area contributed by atoms with Crippen molar-refractivity contribution in [2.75, 3.05) is 10.8 Å². The summed E-state index contributed by atoms with van der Waals surface area (Å²) in [5.41, 5.74) is 2.80. The van der Waals surface area contributed by atoms with E-state index in [0.717, 1.165) is 15.4 Å². The summed E-state index contributed by atoms with van der Waals surface area (Å²) in [6, 6.07) is 14.9. The Labute approximate surface area is 257 Å². The average Bonchev–Trinajstić information content (AvgIpc) is 2.90. The SMILES string of the molecule is CC[C@@H](C(=O)NC(C)C)N(Cc1ccc(Cl)c(Cl)c1)C(=O)CN(c1ccc(C)c(C)c1)S(=O)(=O)c1ccc(Cl)cc1. The van der Waals surface area contributed by atoms with E-state index in [1.165, 1.54) is 29.2 Å². The fourth-order valence-corrected chi connectivity index (χ4v) is 6.13. The van der Waals surface area contributed by atoms with E-state index >= 15 is 0 Å². The van der Waals surface area contributed by atoms with Gasteiger partial charge in [0.05, 0.1) is 20.6 Å². The number of anilines is 1. The van der Waals surface area contributed by atoms with E-state index in [-0.39, 0.29) is 23.4 Å². The Balaban J connectivity index is 2.10. The maximum Gasteiger partial charge on any atom is 0.264 e. The Morgan fingerprint density at radius 2 is 1.54 bits per heavy atom. The lowest BCUT2D eigenvalue weighted by atomic mass is 10.1. The van der Waals surface area contributed by atoms with Crippen LogP contribution in [0, 0.1) is 13.8 Å². The van der Waals surface area contributed by atoms with Crippen LogP contribution in [0.1, 0.15) is 43.9 Å². The molecule has 7 nitrogen and oxygen atoms in total. The van der Waals surface area contributed by atoms with Gasteiger partial charge in [-0.1, -0.05) is 53.9 Å². The van der Waals surface area contributed by atoms with Gasteiger partial charge in [0.1, 0.15) is 12.6 Å². The fraction of sp³-hybridized carbons (Fsp3) is 0.333. The van der Waals surface area contributed by atoms with Gasteiger partial charge >= 0.3 is 0 Å². The van der Waals surface area contributed by atoms with Crippen LogP contribution in [0.15, 0.2) is 65.6 Å². The third kappa shape index (κ3) is 8.16. The van der Waals surface area contributed by atoms with Crippen LogP contribution in [0.4, 0.5) is 5.69 Å². The topological polar surface area (TPSA) is 86.8 Å². The molecular weight excluding hydrogens is 605 g/mol. The van der Waals surface area contributed by atoms with Crippen LogP contribution in [0.5, 0.6) is 0 Å². The number of aryl methyl sites for hydroxylation is 2. The van der Waals surface area contributed by atoms with Gasteiger partial charge in [-0.25, -0.2) is 8.42 Å². The lowest BCUT2D eigenvalue weighted by molar-refractivity contribution is -0.140. The number of sulfonamides is 1. The molecule has 0 spiro atoms. The molecule has 0 unspecified atom stereocenters. The number of halogens is 3. The first kappa shape index (κ1) is 32.7. The van der Waals surface area contributed by atoms with E-state index in [0.29, 0.717) is 32.7 Å². The second kappa shape index (κ2) is 13.9. The van der Waals surface area contributed by atoms with Crippen molar-refractivity contribution in [1.29, 1.82) is 0 Å². The molecule has 0 radical (unpaired) electrons. The molecule has 11 heteroatoms. The molecule has 1 atom stereocenters. The molecule has 0 bridgehead atoms. The minimum absolute atomic E-state index is 0.0154. The summed E-state index contributed by atoms with van der Waals surface area (Å²) in [7, 11) is -4.20. The van der Waals surface area contributed by atoms with Crippen molar-refractivity contribution in [2.24, 2.45) is 0 Å². The van der Waals surface area contributed by atoms with Gasteiger partial charge in [0.2, 0.25) is 11.8 Å². The van der Waals surface area contributed by atoms with E-state index in [2.05, 4.69) is 5.32 Å². The van der Waals surface area contributed by atoms with Gasteiger partial charge in [-0.2, -0.15) is 0 Å². The Morgan fingerprint density at radius 3 is 2.10 bits per heavy atom. The first-order chi connectivity index (χ1) is 19.2. The summed E-state index contributed by atoms with van der Waals surface area (Å²) >= 11 is 18.4. The maximum atomic E-state index is 14.1. The molecule has 41 heavy (non-hydrogen) atoms. The summed E-state index contributed by atoms with van der Waals surface area (Å²) in [5.74, 6) is -0.896. The van der Waals surface area contributed by atoms with Gasteiger partial charge in [0.15, 0.2) is 0 Å². The van der Waals surface area contributed by atoms with Crippen molar-refractivity contribution in [3.05, 3.63) is 92.4 Å². The van der Waals surface area contributed by atoms with Gasteiger partial charge < -0.3 is 10.2 Å². The molecule has 0 aliphatic rings. The van der Waals surface area contributed by atoms with E-state index in [1.807, 2.05) is 27.7 Å². The number of amides is 2. The van der Waals surface area contributed by atoms with Crippen molar-refractivity contribution in [1.82, 2.24) is 10.2 Å². The smallest absolute Gasteiger partial charge is 0.264 e. The highest BCUT2D eigenvalue weighted by molar-refractivity contribution is 7.92. The Hall–Kier alpha value is -2.78. The van der Waals surface area contributed by atoms with Gasteiger partial charge in [-0.15, -0.1) is 0 Å². The van der Waals surface area contributed by atoms with Crippen molar-refractivity contribution in [2.45, 2.75) is 64.6 Å². The van der Waals surface area contributed by atoms with Crippen LogP contribution in [-0.4, -0.2) is 43.8 Å². The molecule has 3 aromatic carbocycles. The van der Waals surface area contributed by atoms with Crippen molar-refractivity contribution in [3.63, 3.8) is 0 Å². The fourth-order valence-electron chi connectivity index (χ4n) is 4.28. The van der Waals surface area contributed by atoms with E-state index < -0.39 is 28.5 Å². The molecular formula is C30H34Cl3N3O4S.